The molecule has 1 heterocycles. The molecule has 1 aliphatic rings. The number of hydrogen-bond donors (Lipinski definition) is 1. The van der Waals surface area contributed by atoms with Crippen LogP contribution in [0.15, 0.2) is 36.4 Å². The molecule has 0 aliphatic carbocycles. The molecule has 2 aromatic rings. The van der Waals surface area contributed by atoms with Crippen LogP contribution in [0.5, 0.6) is 5.75 Å². The number of ether oxygens (including phenoxy) is 1. The standard InChI is InChI=1S/C17H18Cl2N2O/c1-22-14-4-2-11(3-5-14)9-21-10-12-6-13(18)7-15(19)17(12)16(21)8-20/h2-7,16H,8-10,20H2,1H3. The van der Waals surface area contributed by atoms with Crippen LogP contribution in [-0.4, -0.2) is 18.6 Å². The lowest BCUT2D eigenvalue weighted by Crippen LogP contribution is -2.27. The van der Waals surface area contributed by atoms with Gasteiger partial charge in [0, 0.05) is 35.7 Å². The lowest BCUT2D eigenvalue weighted by molar-refractivity contribution is 0.211. The number of methoxy groups -OCH3 is 1. The van der Waals surface area contributed by atoms with Crippen molar-refractivity contribution in [2.24, 2.45) is 5.73 Å². The number of benzene rings is 2. The van der Waals surface area contributed by atoms with Crippen molar-refractivity contribution < 1.29 is 4.74 Å². The molecule has 0 bridgehead atoms. The first-order valence-corrected chi connectivity index (χ1v) is 7.93. The first kappa shape index (κ1) is 15.6. The summed E-state index contributed by atoms with van der Waals surface area (Å²) in [4.78, 5) is 2.33. The second-order valence-electron chi connectivity index (χ2n) is 5.46. The highest BCUT2D eigenvalue weighted by Crippen LogP contribution is 2.40. The van der Waals surface area contributed by atoms with Crippen LogP contribution in [0.25, 0.3) is 0 Å². The Morgan fingerprint density at radius 2 is 1.95 bits per heavy atom. The highest BCUT2D eigenvalue weighted by Gasteiger charge is 2.31. The van der Waals surface area contributed by atoms with Crippen LogP contribution in [0.4, 0.5) is 0 Å². The molecule has 0 saturated carbocycles. The third kappa shape index (κ3) is 2.95. The minimum Gasteiger partial charge on any atom is -0.497 e. The van der Waals surface area contributed by atoms with Crippen LogP contribution < -0.4 is 10.5 Å². The highest BCUT2D eigenvalue weighted by molar-refractivity contribution is 6.35. The van der Waals surface area contributed by atoms with Crippen molar-refractivity contribution in [3.63, 3.8) is 0 Å². The van der Waals surface area contributed by atoms with E-state index in [2.05, 4.69) is 17.0 Å². The Morgan fingerprint density at radius 1 is 1.23 bits per heavy atom. The fourth-order valence-electron chi connectivity index (χ4n) is 3.05. The summed E-state index contributed by atoms with van der Waals surface area (Å²) >= 11 is 12.5. The largest absolute Gasteiger partial charge is 0.497 e. The van der Waals surface area contributed by atoms with Gasteiger partial charge in [0.15, 0.2) is 0 Å². The maximum Gasteiger partial charge on any atom is 0.118 e. The molecule has 3 rings (SSSR count). The van der Waals surface area contributed by atoms with E-state index in [4.69, 9.17) is 33.7 Å². The predicted molar refractivity (Wildman–Crippen MR) is 90.5 cm³/mol. The molecular weight excluding hydrogens is 319 g/mol. The first-order valence-electron chi connectivity index (χ1n) is 7.17. The average Bonchev–Trinajstić information content (AvgIpc) is 2.85. The van der Waals surface area contributed by atoms with E-state index in [9.17, 15) is 0 Å². The molecule has 2 aromatic carbocycles. The maximum atomic E-state index is 6.37. The van der Waals surface area contributed by atoms with Gasteiger partial charge in [0.1, 0.15) is 5.75 Å². The lowest BCUT2D eigenvalue weighted by atomic mass is 10.0. The van der Waals surface area contributed by atoms with Crippen molar-refractivity contribution >= 4 is 23.2 Å². The van der Waals surface area contributed by atoms with Gasteiger partial charge >= 0.3 is 0 Å². The van der Waals surface area contributed by atoms with Gasteiger partial charge in [0.05, 0.1) is 7.11 Å². The molecule has 116 valence electrons. The fourth-order valence-corrected chi connectivity index (χ4v) is 3.71. The fraction of sp³-hybridized carbons (Fsp3) is 0.294. The number of nitrogens with zero attached hydrogens (tertiary/aromatic N) is 1. The van der Waals surface area contributed by atoms with E-state index < -0.39 is 0 Å². The van der Waals surface area contributed by atoms with Gasteiger partial charge in [-0.25, -0.2) is 0 Å². The lowest BCUT2D eigenvalue weighted by Gasteiger charge is -2.24. The molecule has 5 heteroatoms. The zero-order chi connectivity index (χ0) is 15.7. The molecule has 22 heavy (non-hydrogen) atoms. The van der Waals surface area contributed by atoms with Gasteiger partial charge in [-0.3, -0.25) is 4.90 Å². The van der Waals surface area contributed by atoms with E-state index >= 15 is 0 Å². The summed E-state index contributed by atoms with van der Waals surface area (Å²) in [6.45, 7) is 2.16. The van der Waals surface area contributed by atoms with Gasteiger partial charge in [0.25, 0.3) is 0 Å². The first-order chi connectivity index (χ1) is 10.6. The van der Waals surface area contributed by atoms with Crippen LogP contribution in [0, 0.1) is 0 Å². The van der Waals surface area contributed by atoms with E-state index in [0.717, 1.165) is 24.4 Å². The van der Waals surface area contributed by atoms with Crippen molar-refractivity contribution in [1.82, 2.24) is 4.90 Å². The Balaban J connectivity index is 1.84. The van der Waals surface area contributed by atoms with Crippen LogP contribution in [-0.2, 0) is 13.1 Å². The Hall–Kier alpha value is -1.26. The smallest absolute Gasteiger partial charge is 0.118 e. The molecule has 1 atom stereocenters. The molecule has 0 spiro atoms. The molecule has 0 saturated heterocycles. The molecule has 1 aliphatic heterocycles. The van der Waals surface area contributed by atoms with E-state index in [1.807, 2.05) is 18.2 Å². The van der Waals surface area contributed by atoms with Crippen molar-refractivity contribution in [1.29, 1.82) is 0 Å². The van der Waals surface area contributed by atoms with Crippen molar-refractivity contribution in [3.05, 3.63) is 63.1 Å². The maximum absolute atomic E-state index is 6.37. The van der Waals surface area contributed by atoms with Gasteiger partial charge in [-0.15, -0.1) is 0 Å². The molecule has 0 aromatic heterocycles. The molecule has 2 N–H and O–H groups in total. The van der Waals surface area contributed by atoms with Gasteiger partial charge in [-0.1, -0.05) is 35.3 Å². The summed E-state index contributed by atoms with van der Waals surface area (Å²) in [6.07, 6.45) is 0. The van der Waals surface area contributed by atoms with Gasteiger partial charge in [-0.2, -0.15) is 0 Å². The Morgan fingerprint density at radius 3 is 2.59 bits per heavy atom. The summed E-state index contributed by atoms with van der Waals surface area (Å²) < 4.78 is 5.20. The van der Waals surface area contributed by atoms with Crippen molar-refractivity contribution in [3.8, 4) is 5.75 Å². The number of fused-ring (bicyclic) bond motifs is 1. The summed E-state index contributed by atoms with van der Waals surface area (Å²) in [6, 6.07) is 12.0. The summed E-state index contributed by atoms with van der Waals surface area (Å²) in [5.74, 6) is 0.860. The summed E-state index contributed by atoms with van der Waals surface area (Å²) in [5, 5.41) is 1.38. The zero-order valence-electron chi connectivity index (χ0n) is 12.4. The SMILES string of the molecule is COc1ccc(CN2Cc3cc(Cl)cc(Cl)c3C2CN)cc1. The van der Waals surface area contributed by atoms with Gasteiger partial charge in [-0.05, 0) is 41.0 Å². The second-order valence-corrected chi connectivity index (χ2v) is 6.31. The van der Waals surface area contributed by atoms with Crippen molar-refractivity contribution in [2.45, 2.75) is 19.1 Å². The molecular formula is C17H18Cl2N2O. The summed E-state index contributed by atoms with van der Waals surface area (Å²) in [5.41, 5.74) is 9.49. The van der Waals surface area contributed by atoms with Crippen LogP contribution in [0.3, 0.4) is 0 Å². The monoisotopic (exact) mass is 336 g/mol. The minimum absolute atomic E-state index is 0.127. The normalized spacial score (nSPS) is 17.5. The highest BCUT2D eigenvalue weighted by atomic mass is 35.5. The second kappa shape index (κ2) is 6.47. The Kier molecular flexibility index (Phi) is 4.59. The van der Waals surface area contributed by atoms with E-state index in [0.29, 0.717) is 16.6 Å². The topological polar surface area (TPSA) is 38.5 Å². The molecule has 1 unspecified atom stereocenters. The van der Waals surface area contributed by atoms with E-state index in [-0.39, 0.29) is 6.04 Å². The van der Waals surface area contributed by atoms with E-state index in [1.54, 1.807) is 13.2 Å². The molecule has 0 amide bonds. The number of nitrogens with two attached hydrogens (primary N) is 1. The molecule has 3 nitrogen and oxygen atoms in total. The van der Waals surface area contributed by atoms with Crippen molar-refractivity contribution in [2.75, 3.05) is 13.7 Å². The summed E-state index contributed by atoms with van der Waals surface area (Å²) in [7, 11) is 1.67. The van der Waals surface area contributed by atoms with Crippen LogP contribution in [0.1, 0.15) is 22.7 Å². The van der Waals surface area contributed by atoms with Gasteiger partial charge in [0.2, 0.25) is 0 Å². The third-order valence-electron chi connectivity index (χ3n) is 4.10. The number of hydrogen-bond acceptors (Lipinski definition) is 3. The minimum atomic E-state index is 0.127. The Bertz CT molecular complexity index is 673. The number of halogens is 2. The van der Waals surface area contributed by atoms with Crippen LogP contribution in [0.2, 0.25) is 10.0 Å². The predicted octanol–water partition coefficient (Wildman–Crippen LogP) is 4.02. The van der Waals surface area contributed by atoms with E-state index in [1.165, 1.54) is 11.1 Å². The molecule has 0 fully saturated rings. The quantitative estimate of drug-likeness (QED) is 0.916. The zero-order valence-corrected chi connectivity index (χ0v) is 13.9. The molecule has 0 radical (unpaired) electrons. The Labute approximate surface area is 140 Å². The van der Waals surface area contributed by atoms with Crippen LogP contribution >= 0.6 is 23.2 Å². The third-order valence-corrected chi connectivity index (χ3v) is 4.63. The van der Waals surface area contributed by atoms with Gasteiger partial charge < -0.3 is 10.5 Å². The average molecular weight is 337 g/mol. The number of rotatable bonds is 4.